The fraction of sp³-hybridized carbons (Fsp3) is 0.636. The van der Waals surface area contributed by atoms with E-state index in [0.29, 0.717) is 6.42 Å². The summed E-state index contributed by atoms with van der Waals surface area (Å²) in [6.45, 7) is 3.64. The lowest BCUT2D eigenvalue weighted by molar-refractivity contribution is -0.140. The molecule has 0 radical (unpaired) electrons. The van der Waals surface area contributed by atoms with Gasteiger partial charge in [0, 0.05) is 11.8 Å². The molecule has 0 aromatic carbocycles. The van der Waals surface area contributed by atoms with Gasteiger partial charge in [-0.2, -0.15) is 5.26 Å². The van der Waals surface area contributed by atoms with Gasteiger partial charge >= 0.3 is 5.97 Å². The summed E-state index contributed by atoms with van der Waals surface area (Å²) in [7, 11) is 1.33. The van der Waals surface area contributed by atoms with Crippen LogP contribution in [0.15, 0.2) is 0 Å². The highest BCUT2D eigenvalue weighted by Crippen LogP contribution is 2.28. The Morgan fingerprint density at radius 2 is 2.21 bits per heavy atom. The molecule has 0 aliphatic carbocycles. The topological polar surface area (TPSA) is 50.1 Å². The molecule has 1 atom stereocenters. The van der Waals surface area contributed by atoms with E-state index < -0.39 is 5.41 Å². The van der Waals surface area contributed by atoms with Crippen LogP contribution in [-0.4, -0.2) is 13.1 Å². The molecule has 76 valence electrons. The lowest BCUT2D eigenvalue weighted by Gasteiger charge is -2.23. The molecular formula is C11H15NO2. The van der Waals surface area contributed by atoms with E-state index in [2.05, 4.69) is 16.7 Å². The Balaban J connectivity index is 4.28. The average Bonchev–Trinajstić information content (AvgIpc) is 2.18. The third-order valence-corrected chi connectivity index (χ3v) is 2.26. The van der Waals surface area contributed by atoms with Crippen molar-refractivity contribution in [3.05, 3.63) is 0 Å². The van der Waals surface area contributed by atoms with E-state index in [1.807, 2.05) is 13.8 Å². The average molecular weight is 193 g/mol. The molecule has 3 nitrogen and oxygen atoms in total. The summed E-state index contributed by atoms with van der Waals surface area (Å²) in [4.78, 5) is 10.9. The first-order valence-electron chi connectivity index (χ1n) is 4.42. The second kappa shape index (κ2) is 5.29. The van der Waals surface area contributed by atoms with Gasteiger partial charge in [0.15, 0.2) is 0 Å². The quantitative estimate of drug-likeness (QED) is 0.504. The Hall–Kier alpha value is -1.48. The maximum Gasteiger partial charge on any atom is 0.305 e. The summed E-state index contributed by atoms with van der Waals surface area (Å²) in [6.07, 6.45) is 5.99. The number of ether oxygens (including phenoxy) is 1. The molecule has 0 spiro atoms. The number of nitrogens with zero attached hydrogens (tertiary/aromatic N) is 1. The second-order valence-electron chi connectivity index (χ2n) is 3.66. The van der Waals surface area contributed by atoms with Gasteiger partial charge in [-0.3, -0.25) is 4.79 Å². The van der Waals surface area contributed by atoms with Crippen LogP contribution in [0.25, 0.3) is 0 Å². The van der Waals surface area contributed by atoms with Crippen molar-refractivity contribution in [2.75, 3.05) is 7.11 Å². The maximum atomic E-state index is 10.9. The van der Waals surface area contributed by atoms with Crippen molar-refractivity contribution in [1.82, 2.24) is 0 Å². The maximum absolute atomic E-state index is 10.9. The third-order valence-electron chi connectivity index (χ3n) is 2.26. The fourth-order valence-electron chi connectivity index (χ4n) is 1.05. The van der Waals surface area contributed by atoms with Gasteiger partial charge in [0.25, 0.3) is 0 Å². The molecule has 0 bridgehead atoms. The Labute approximate surface area is 85.1 Å². The first-order chi connectivity index (χ1) is 6.47. The van der Waals surface area contributed by atoms with E-state index in [1.54, 1.807) is 0 Å². The van der Waals surface area contributed by atoms with Crippen LogP contribution < -0.4 is 0 Å². The fourth-order valence-corrected chi connectivity index (χ4v) is 1.05. The number of esters is 1. The van der Waals surface area contributed by atoms with Crippen molar-refractivity contribution in [3.8, 4) is 18.4 Å². The molecule has 0 saturated carbocycles. The van der Waals surface area contributed by atoms with Gasteiger partial charge in [-0.1, -0.05) is 5.92 Å². The van der Waals surface area contributed by atoms with E-state index in [9.17, 15) is 4.79 Å². The molecule has 0 aromatic heterocycles. The van der Waals surface area contributed by atoms with E-state index in [0.717, 1.165) is 0 Å². The Morgan fingerprint density at radius 3 is 2.57 bits per heavy atom. The van der Waals surface area contributed by atoms with Gasteiger partial charge in [-0.15, -0.1) is 6.42 Å². The van der Waals surface area contributed by atoms with Crippen LogP contribution in [0.4, 0.5) is 0 Å². The molecule has 1 unspecified atom stereocenters. The smallest absolute Gasteiger partial charge is 0.305 e. The summed E-state index contributed by atoms with van der Waals surface area (Å²) in [5.74, 6) is 1.94. The van der Waals surface area contributed by atoms with Gasteiger partial charge in [0.05, 0.1) is 19.1 Å². The largest absolute Gasteiger partial charge is 0.469 e. The zero-order valence-electron chi connectivity index (χ0n) is 8.83. The normalized spacial score (nSPS) is 12.4. The van der Waals surface area contributed by atoms with Crippen molar-refractivity contribution in [3.63, 3.8) is 0 Å². The summed E-state index contributed by atoms with van der Waals surface area (Å²) >= 11 is 0. The Bertz CT molecular complexity index is 281. The number of carbonyl (C=O) groups is 1. The van der Waals surface area contributed by atoms with Gasteiger partial charge in [-0.25, -0.2) is 0 Å². The third kappa shape index (κ3) is 3.49. The molecule has 0 saturated heterocycles. The first kappa shape index (κ1) is 12.5. The molecule has 0 aliphatic heterocycles. The van der Waals surface area contributed by atoms with Crippen LogP contribution in [-0.2, 0) is 9.53 Å². The summed E-state index contributed by atoms with van der Waals surface area (Å²) in [6, 6.07) is 2.12. The molecule has 0 fully saturated rings. The number of terminal acetylenes is 1. The predicted molar refractivity (Wildman–Crippen MR) is 53.0 cm³/mol. The summed E-state index contributed by atoms with van der Waals surface area (Å²) in [5, 5.41) is 8.88. The zero-order chi connectivity index (χ0) is 11.2. The Morgan fingerprint density at radius 1 is 1.64 bits per heavy atom. The minimum atomic E-state index is -0.497. The zero-order valence-corrected chi connectivity index (χ0v) is 8.83. The van der Waals surface area contributed by atoms with E-state index in [4.69, 9.17) is 11.7 Å². The molecule has 0 aliphatic rings. The van der Waals surface area contributed by atoms with E-state index in [1.165, 1.54) is 7.11 Å². The molecule has 0 heterocycles. The summed E-state index contributed by atoms with van der Waals surface area (Å²) < 4.78 is 4.49. The number of hydrogen-bond acceptors (Lipinski definition) is 3. The molecule has 0 N–H and O–H groups in total. The number of hydrogen-bond donors (Lipinski definition) is 0. The molecule has 0 aromatic rings. The lowest BCUT2D eigenvalue weighted by atomic mass is 9.78. The summed E-state index contributed by atoms with van der Waals surface area (Å²) in [5.41, 5.74) is -0.497. The molecule has 0 rings (SSSR count). The highest BCUT2D eigenvalue weighted by Gasteiger charge is 2.27. The molecule has 0 amide bonds. The highest BCUT2D eigenvalue weighted by atomic mass is 16.5. The van der Waals surface area contributed by atoms with Crippen LogP contribution in [0.2, 0.25) is 0 Å². The SMILES string of the molecule is C#CC(C)(C)C(C#N)CCC(=O)OC. The van der Waals surface area contributed by atoms with E-state index >= 15 is 0 Å². The first-order valence-corrected chi connectivity index (χ1v) is 4.42. The van der Waals surface area contributed by atoms with Crippen LogP contribution >= 0.6 is 0 Å². The monoisotopic (exact) mass is 193 g/mol. The van der Waals surface area contributed by atoms with Crippen molar-refractivity contribution < 1.29 is 9.53 Å². The van der Waals surface area contributed by atoms with Crippen LogP contribution in [0.1, 0.15) is 26.7 Å². The molecular weight excluding hydrogens is 178 g/mol. The minimum Gasteiger partial charge on any atom is -0.469 e. The van der Waals surface area contributed by atoms with Crippen molar-refractivity contribution in [2.45, 2.75) is 26.7 Å². The minimum absolute atomic E-state index is 0.236. The molecule has 3 heteroatoms. The van der Waals surface area contributed by atoms with Crippen molar-refractivity contribution in [1.29, 1.82) is 5.26 Å². The number of methoxy groups -OCH3 is 1. The van der Waals surface area contributed by atoms with Crippen LogP contribution in [0.3, 0.4) is 0 Å². The van der Waals surface area contributed by atoms with Gasteiger partial charge in [-0.05, 0) is 20.3 Å². The van der Waals surface area contributed by atoms with Crippen LogP contribution in [0.5, 0.6) is 0 Å². The van der Waals surface area contributed by atoms with Gasteiger partial charge in [0.1, 0.15) is 0 Å². The molecule has 14 heavy (non-hydrogen) atoms. The van der Waals surface area contributed by atoms with Gasteiger partial charge in [0.2, 0.25) is 0 Å². The second-order valence-corrected chi connectivity index (χ2v) is 3.66. The predicted octanol–water partition coefficient (Wildman–Crippen LogP) is 1.74. The van der Waals surface area contributed by atoms with Gasteiger partial charge < -0.3 is 4.74 Å². The van der Waals surface area contributed by atoms with Crippen molar-refractivity contribution >= 4 is 5.97 Å². The highest BCUT2D eigenvalue weighted by molar-refractivity contribution is 5.69. The lowest BCUT2D eigenvalue weighted by Crippen LogP contribution is -2.21. The Kier molecular flexibility index (Phi) is 4.73. The van der Waals surface area contributed by atoms with Crippen LogP contribution in [0, 0.1) is 35.0 Å². The standard InChI is InChI=1S/C11H15NO2/c1-5-11(2,3)9(8-12)6-7-10(13)14-4/h1,9H,6-7H2,2-4H3. The van der Waals surface area contributed by atoms with E-state index in [-0.39, 0.29) is 18.3 Å². The van der Waals surface area contributed by atoms with Crippen molar-refractivity contribution in [2.24, 2.45) is 11.3 Å². The number of rotatable bonds is 4. The number of carbonyl (C=O) groups excluding carboxylic acids is 1. The number of nitriles is 1.